The van der Waals surface area contributed by atoms with Gasteiger partial charge in [-0.25, -0.2) is 4.98 Å². The monoisotopic (exact) mass is 398 g/mol. The quantitative estimate of drug-likeness (QED) is 0.433. The fourth-order valence-corrected chi connectivity index (χ4v) is 4.97. The van der Waals surface area contributed by atoms with Crippen LogP contribution < -0.4 is 0 Å². The lowest BCUT2D eigenvalue weighted by Crippen LogP contribution is -2.12. The van der Waals surface area contributed by atoms with Gasteiger partial charge in [0.15, 0.2) is 0 Å². The molecule has 2 unspecified atom stereocenters. The van der Waals surface area contributed by atoms with Crippen LogP contribution in [-0.4, -0.2) is 14.7 Å². The lowest BCUT2D eigenvalue weighted by Gasteiger charge is -2.22. The van der Waals surface area contributed by atoms with E-state index in [1.165, 1.54) is 27.8 Å². The van der Waals surface area contributed by atoms with Crippen LogP contribution in [0.3, 0.4) is 0 Å². The molecule has 0 fully saturated rings. The van der Waals surface area contributed by atoms with Crippen LogP contribution >= 0.6 is 11.3 Å². The molecule has 3 heterocycles. The number of hydrogen-bond donors (Lipinski definition) is 1. The second-order valence-electron chi connectivity index (χ2n) is 7.49. The number of rotatable bonds is 5. The van der Waals surface area contributed by atoms with Crippen LogP contribution in [0.1, 0.15) is 42.3 Å². The number of imidazole rings is 1. The van der Waals surface area contributed by atoms with Gasteiger partial charge in [0.2, 0.25) is 0 Å². The molecule has 0 bridgehead atoms. The summed E-state index contributed by atoms with van der Waals surface area (Å²) in [5.41, 5.74) is 8.20. The highest BCUT2D eigenvalue weighted by Gasteiger charge is 2.31. The molecule has 2 aromatic heterocycles. The Bertz CT molecular complexity index is 1140. The molecule has 1 aliphatic rings. The molecular formula is C25H22N2OS. The zero-order valence-electron chi connectivity index (χ0n) is 16.2. The molecule has 1 N–H and O–H groups in total. The fourth-order valence-electron chi connectivity index (χ4n) is 4.30. The van der Waals surface area contributed by atoms with Gasteiger partial charge in [-0.15, -0.1) is 0 Å². The largest absolute Gasteiger partial charge is 0.388 e. The lowest BCUT2D eigenvalue weighted by molar-refractivity contribution is 0.156. The van der Waals surface area contributed by atoms with Crippen molar-refractivity contribution in [1.82, 2.24) is 9.55 Å². The Hall–Kier alpha value is -2.95. The third kappa shape index (κ3) is 3.24. The van der Waals surface area contributed by atoms with Crippen LogP contribution in [0.5, 0.6) is 0 Å². The fraction of sp³-hybridized carbons (Fsp3) is 0.160. The Balaban J connectivity index is 1.44. The van der Waals surface area contributed by atoms with Gasteiger partial charge < -0.3 is 9.67 Å². The summed E-state index contributed by atoms with van der Waals surface area (Å²) in [5.74, 6) is 0. The second kappa shape index (κ2) is 7.47. The van der Waals surface area contributed by atoms with E-state index in [4.69, 9.17) is 0 Å². The third-order valence-electron chi connectivity index (χ3n) is 5.80. The minimum Gasteiger partial charge on any atom is -0.388 e. The number of benzene rings is 2. The Morgan fingerprint density at radius 3 is 2.52 bits per heavy atom. The van der Waals surface area contributed by atoms with Crippen LogP contribution in [0.2, 0.25) is 0 Å². The van der Waals surface area contributed by atoms with Crippen molar-refractivity contribution >= 4 is 22.5 Å². The van der Waals surface area contributed by atoms with E-state index < -0.39 is 6.10 Å². The molecule has 4 aromatic rings. The summed E-state index contributed by atoms with van der Waals surface area (Å²) in [6.07, 6.45) is 3.87. The Morgan fingerprint density at radius 2 is 1.79 bits per heavy atom. The maximum Gasteiger partial charge on any atom is 0.0956 e. The molecule has 0 radical (unpaired) electrons. The number of aliphatic hydroxyl groups excluding tert-OH is 1. The molecule has 5 rings (SSSR count). The summed E-state index contributed by atoms with van der Waals surface area (Å²) < 4.78 is 2.20. The normalized spacial score (nSPS) is 16.8. The standard InChI is InChI=1S/C25H22N2OS/c1-17-23-14-26-16-27(23)22(25(17)20-5-3-2-4-6-20)13-24(28)19-9-7-18(8-10-19)21-11-12-29-15-21/h2-12,14-16,22,24,28H,13H2,1H3. The Morgan fingerprint density at radius 1 is 1.00 bits per heavy atom. The van der Waals surface area contributed by atoms with E-state index in [1.54, 1.807) is 11.3 Å². The first-order valence-electron chi connectivity index (χ1n) is 9.81. The average molecular weight is 399 g/mol. The van der Waals surface area contributed by atoms with Crippen molar-refractivity contribution in [3.05, 3.63) is 101 Å². The summed E-state index contributed by atoms with van der Waals surface area (Å²) >= 11 is 1.70. The average Bonchev–Trinajstić information content (AvgIpc) is 3.49. The molecule has 1 aliphatic heterocycles. The van der Waals surface area contributed by atoms with E-state index in [0.29, 0.717) is 6.42 Å². The van der Waals surface area contributed by atoms with Crippen molar-refractivity contribution in [2.45, 2.75) is 25.5 Å². The van der Waals surface area contributed by atoms with E-state index in [9.17, 15) is 5.11 Å². The molecule has 0 saturated heterocycles. The molecule has 2 atom stereocenters. The lowest BCUT2D eigenvalue weighted by atomic mass is 9.91. The number of aliphatic hydroxyl groups is 1. The maximum absolute atomic E-state index is 11.1. The van der Waals surface area contributed by atoms with Gasteiger partial charge in [-0.1, -0.05) is 54.6 Å². The predicted molar refractivity (Wildman–Crippen MR) is 120 cm³/mol. The van der Waals surface area contributed by atoms with Crippen LogP contribution in [0.25, 0.3) is 22.3 Å². The zero-order chi connectivity index (χ0) is 19.8. The minimum atomic E-state index is -0.545. The minimum absolute atomic E-state index is 0.0708. The van der Waals surface area contributed by atoms with E-state index in [2.05, 4.69) is 69.7 Å². The molecule has 0 spiro atoms. The van der Waals surface area contributed by atoms with Gasteiger partial charge in [-0.3, -0.25) is 0 Å². The molecule has 29 heavy (non-hydrogen) atoms. The number of allylic oxidation sites excluding steroid dienone is 2. The Kier molecular flexibility index (Phi) is 4.66. The van der Waals surface area contributed by atoms with Crippen LogP contribution in [0.15, 0.2) is 83.9 Å². The van der Waals surface area contributed by atoms with Gasteiger partial charge in [-0.2, -0.15) is 11.3 Å². The van der Waals surface area contributed by atoms with Crippen molar-refractivity contribution in [3.8, 4) is 11.1 Å². The van der Waals surface area contributed by atoms with Crippen molar-refractivity contribution in [3.63, 3.8) is 0 Å². The topological polar surface area (TPSA) is 38.0 Å². The summed E-state index contributed by atoms with van der Waals surface area (Å²) in [4.78, 5) is 4.34. The molecular weight excluding hydrogens is 376 g/mol. The van der Waals surface area contributed by atoms with Gasteiger partial charge in [0, 0.05) is 6.42 Å². The number of hydrogen-bond acceptors (Lipinski definition) is 3. The first kappa shape index (κ1) is 18.1. The highest BCUT2D eigenvalue weighted by Crippen LogP contribution is 2.45. The van der Waals surface area contributed by atoms with Gasteiger partial charge in [-0.05, 0) is 57.2 Å². The van der Waals surface area contributed by atoms with Gasteiger partial charge >= 0.3 is 0 Å². The first-order valence-corrected chi connectivity index (χ1v) is 10.8. The highest BCUT2D eigenvalue weighted by atomic mass is 32.1. The summed E-state index contributed by atoms with van der Waals surface area (Å²) in [5, 5.41) is 15.3. The van der Waals surface area contributed by atoms with Crippen molar-refractivity contribution in [2.75, 3.05) is 0 Å². The maximum atomic E-state index is 11.1. The number of thiophene rings is 1. The van der Waals surface area contributed by atoms with E-state index in [-0.39, 0.29) is 6.04 Å². The predicted octanol–water partition coefficient (Wildman–Crippen LogP) is 6.22. The van der Waals surface area contributed by atoms with E-state index in [1.807, 2.05) is 30.7 Å². The molecule has 4 heteroatoms. The van der Waals surface area contributed by atoms with Crippen molar-refractivity contribution in [1.29, 1.82) is 0 Å². The number of nitrogens with zero attached hydrogens (tertiary/aromatic N) is 2. The molecule has 0 aliphatic carbocycles. The number of aromatic nitrogens is 2. The Labute approximate surface area is 174 Å². The van der Waals surface area contributed by atoms with Crippen LogP contribution in [0.4, 0.5) is 0 Å². The second-order valence-corrected chi connectivity index (χ2v) is 8.27. The first-order chi connectivity index (χ1) is 14.2. The summed E-state index contributed by atoms with van der Waals surface area (Å²) in [7, 11) is 0. The third-order valence-corrected chi connectivity index (χ3v) is 6.49. The van der Waals surface area contributed by atoms with Crippen LogP contribution in [0, 0.1) is 0 Å². The summed E-state index contributed by atoms with van der Waals surface area (Å²) in [6.45, 7) is 2.15. The molecule has 0 amide bonds. The van der Waals surface area contributed by atoms with Gasteiger partial charge in [0.05, 0.1) is 30.4 Å². The highest BCUT2D eigenvalue weighted by molar-refractivity contribution is 7.08. The molecule has 0 saturated carbocycles. The van der Waals surface area contributed by atoms with Gasteiger partial charge in [0.1, 0.15) is 0 Å². The SMILES string of the molecule is CC1=C(c2ccccc2)C(CC(O)c2ccc(-c3ccsc3)cc2)n2cncc21. The molecule has 3 nitrogen and oxygen atoms in total. The molecule has 2 aromatic carbocycles. The smallest absolute Gasteiger partial charge is 0.0956 e. The van der Waals surface area contributed by atoms with Gasteiger partial charge in [0.25, 0.3) is 0 Å². The van der Waals surface area contributed by atoms with Crippen molar-refractivity contribution < 1.29 is 5.11 Å². The summed E-state index contributed by atoms with van der Waals surface area (Å²) in [6, 6.07) is 20.9. The number of fused-ring (bicyclic) bond motifs is 1. The van der Waals surface area contributed by atoms with Crippen LogP contribution in [-0.2, 0) is 0 Å². The van der Waals surface area contributed by atoms with Crippen molar-refractivity contribution in [2.24, 2.45) is 0 Å². The van der Waals surface area contributed by atoms with E-state index >= 15 is 0 Å². The molecule has 144 valence electrons. The zero-order valence-corrected chi connectivity index (χ0v) is 17.0. The van der Waals surface area contributed by atoms with E-state index in [0.717, 1.165) is 11.3 Å².